The molecule has 0 N–H and O–H groups in total. The van der Waals surface area contributed by atoms with Crippen LogP contribution >= 0.6 is 0 Å². The van der Waals surface area contributed by atoms with E-state index in [1.165, 1.54) is 44.2 Å². The maximum absolute atomic E-state index is 13.4. The molecule has 118 valence electrons. The summed E-state index contributed by atoms with van der Waals surface area (Å²) in [5.74, 6) is 0.134. The van der Waals surface area contributed by atoms with Gasteiger partial charge in [-0.1, -0.05) is 37.1 Å². The molecule has 0 aromatic heterocycles. The van der Waals surface area contributed by atoms with Gasteiger partial charge in [0.25, 0.3) is 0 Å². The molecule has 1 aromatic carbocycles. The molecule has 2 aliphatic rings. The Morgan fingerprint density at radius 1 is 0.955 bits per heavy atom. The summed E-state index contributed by atoms with van der Waals surface area (Å²) in [7, 11) is 0. The third-order valence-corrected chi connectivity index (χ3v) is 5.42. The molecule has 0 radical (unpaired) electrons. The summed E-state index contributed by atoms with van der Waals surface area (Å²) < 4.78 is 26.4. The maximum Gasteiger partial charge on any atom is 0.159 e. The van der Waals surface area contributed by atoms with Crippen molar-refractivity contribution in [2.45, 2.75) is 51.9 Å². The average molecular weight is 302 g/mol. The van der Waals surface area contributed by atoms with Crippen molar-refractivity contribution in [3.63, 3.8) is 0 Å². The van der Waals surface area contributed by atoms with Crippen molar-refractivity contribution < 1.29 is 8.78 Å². The highest BCUT2D eigenvalue weighted by Crippen LogP contribution is 2.39. The average Bonchev–Trinajstić information content (AvgIpc) is 2.58. The van der Waals surface area contributed by atoms with Gasteiger partial charge in [-0.05, 0) is 73.6 Å². The van der Waals surface area contributed by atoms with Crippen LogP contribution in [0.25, 0.3) is 5.57 Å². The topological polar surface area (TPSA) is 0 Å². The Labute approximate surface area is 131 Å². The summed E-state index contributed by atoms with van der Waals surface area (Å²) in [5.41, 5.74) is 3.48. The molecule has 2 aliphatic carbocycles. The molecule has 0 saturated heterocycles. The van der Waals surface area contributed by atoms with E-state index in [0.29, 0.717) is 0 Å². The summed E-state index contributed by atoms with van der Waals surface area (Å²) in [6.07, 6.45) is 13.0. The van der Waals surface area contributed by atoms with Crippen molar-refractivity contribution in [3.8, 4) is 0 Å². The molecule has 2 heteroatoms. The first-order chi connectivity index (χ1) is 10.7. The smallest absolute Gasteiger partial charge is 0.159 e. The zero-order valence-corrected chi connectivity index (χ0v) is 13.2. The molecule has 0 heterocycles. The van der Waals surface area contributed by atoms with E-state index < -0.39 is 11.6 Å². The van der Waals surface area contributed by atoms with Crippen molar-refractivity contribution in [1.29, 1.82) is 0 Å². The zero-order valence-electron chi connectivity index (χ0n) is 13.2. The van der Waals surface area contributed by atoms with Gasteiger partial charge in [0.15, 0.2) is 11.6 Å². The van der Waals surface area contributed by atoms with Crippen LogP contribution in [0.3, 0.4) is 0 Å². The number of halogens is 2. The largest absolute Gasteiger partial charge is 0.204 e. The molecule has 3 rings (SSSR count). The van der Waals surface area contributed by atoms with Crippen LogP contribution in [-0.2, 0) is 0 Å². The van der Waals surface area contributed by atoms with Gasteiger partial charge in [0.1, 0.15) is 0 Å². The van der Waals surface area contributed by atoms with Crippen molar-refractivity contribution in [2.75, 3.05) is 0 Å². The predicted octanol–water partition coefficient (Wildman–Crippen LogP) is 6.28. The molecule has 22 heavy (non-hydrogen) atoms. The first kappa shape index (κ1) is 15.5. The quantitative estimate of drug-likeness (QED) is 0.616. The fourth-order valence-electron chi connectivity index (χ4n) is 3.87. The zero-order chi connectivity index (χ0) is 15.5. The van der Waals surface area contributed by atoms with Crippen LogP contribution < -0.4 is 0 Å². The van der Waals surface area contributed by atoms with E-state index in [1.54, 1.807) is 11.6 Å². The number of allylic oxidation sites excluding steroid dienone is 4. The van der Waals surface area contributed by atoms with Crippen LogP contribution in [0.4, 0.5) is 8.78 Å². The Morgan fingerprint density at radius 3 is 2.32 bits per heavy atom. The van der Waals surface area contributed by atoms with Gasteiger partial charge >= 0.3 is 0 Å². The highest BCUT2D eigenvalue weighted by molar-refractivity contribution is 5.68. The molecular weight excluding hydrogens is 278 g/mol. The van der Waals surface area contributed by atoms with E-state index in [9.17, 15) is 8.78 Å². The maximum atomic E-state index is 13.4. The van der Waals surface area contributed by atoms with Gasteiger partial charge in [-0.2, -0.15) is 0 Å². The van der Waals surface area contributed by atoms with Crippen LogP contribution in [0.5, 0.6) is 0 Å². The molecule has 0 nitrogen and oxygen atoms in total. The molecule has 0 unspecified atom stereocenters. The third kappa shape index (κ3) is 3.31. The van der Waals surface area contributed by atoms with E-state index >= 15 is 0 Å². The van der Waals surface area contributed by atoms with Gasteiger partial charge in [-0.25, -0.2) is 8.78 Å². The minimum atomic E-state index is -0.774. The predicted molar refractivity (Wildman–Crippen MR) is 87.4 cm³/mol. The normalized spacial score (nSPS) is 25.6. The van der Waals surface area contributed by atoms with Crippen LogP contribution in [0, 0.1) is 23.5 Å². The lowest BCUT2D eigenvalue weighted by molar-refractivity contribution is 0.291. The molecule has 0 atom stereocenters. The molecule has 0 bridgehead atoms. The summed E-state index contributed by atoms with van der Waals surface area (Å²) in [5, 5.41) is 0. The highest BCUT2D eigenvalue weighted by Gasteiger charge is 2.23. The molecule has 1 aromatic rings. The molecule has 1 fully saturated rings. The third-order valence-electron chi connectivity index (χ3n) is 5.42. The van der Waals surface area contributed by atoms with E-state index in [4.69, 9.17) is 0 Å². The Bertz CT molecular complexity index is 590. The number of rotatable bonds is 3. The van der Waals surface area contributed by atoms with Gasteiger partial charge in [0.2, 0.25) is 0 Å². The van der Waals surface area contributed by atoms with Crippen molar-refractivity contribution >= 4 is 5.57 Å². The van der Waals surface area contributed by atoms with Crippen molar-refractivity contribution in [3.05, 3.63) is 53.1 Å². The van der Waals surface area contributed by atoms with Crippen molar-refractivity contribution in [1.82, 2.24) is 0 Å². The Morgan fingerprint density at radius 2 is 1.73 bits per heavy atom. The standard InChI is InChI=1S/C20H24F2/c1-2-14-3-5-15(6-4-14)16-7-9-17(10-8-16)18-11-12-19(21)20(22)13-18/h7,9,11-15H,2-6,8,10H2,1H3. The number of hydrogen-bond donors (Lipinski definition) is 0. The highest BCUT2D eigenvalue weighted by atomic mass is 19.2. The molecule has 1 saturated carbocycles. The first-order valence-corrected chi connectivity index (χ1v) is 8.52. The van der Waals surface area contributed by atoms with Crippen LogP contribution in [-0.4, -0.2) is 0 Å². The lowest BCUT2D eigenvalue weighted by atomic mass is 9.75. The Kier molecular flexibility index (Phi) is 4.75. The second-order valence-electron chi connectivity index (χ2n) is 6.69. The van der Waals surface area contributed by atoms with Gasteiger partial charge in [0.05, 0.1) is 0 Å². The minimum absolute atomic E-state index is 0.741. The lowest BCUT2D eigenvalue weighted by Crippen LogP contribution is -2.16. The summed E-state index contributed by atoms with van der Waals surface area (Å²) >= 11 is 0. The van der Waals surface area contributed by atoms with Crippen LogP contribution in [0.1, 0.15) is 57.4 Å². The SMILES string of the molecule is CCC1CCC(C2=CC=C(c3ccc(F)c(F)c3)CC2)CC1. The fraction of sp³-hybridized carbons (Fsp3) is 0.500. The van der Waals surface area contributed by atoms with Gasteiger partial charge in [0, 0.05) is 0 Å². The molecule has 0 amide bonds. The van der Waals surface area contributed by atoms with Gasteiger partial charge in [-0.3, -0.25) is 0 Å². The number of hydrogen-bond acceptors (Lipinski definition) is 0. The van der Waals surface area contributed by atoms with E-state index in [2.05, 4.69) is 19.1 Å². The lowest BCUT2D eigenvalue weighted by Gasteiger charge is -2.31. The van der Waals surface area contributed by atoms with E-state index in [0.717, 1.165) is 35.8 Å². The first-order valence-electron chi connectivity index (χ1n) is 8.52. The summed E-state index contributed by atoms with van der Waals surface area (Å²) in [6.45, 7) is 2.29. The van der Waals surface area contributed by atoms with Gasteiger partial charge in [-0.15, -0.1) is 0 Å². The minimum Gasteiger partial charge on any atom is -0.204 e. The molecule has 0 spiro atoms. The monoisotopic (exact) mass is 302 g/mol. The summed E-state index contributed by atoms with van der Waals surface area (Å²) in [4.78, 5) is 0. The second kappa shape index (κ2) is 6.76. The van der Waals surface area contributed by atoms with Crippen molar-refractivity contribution in [2.24, 2.45) is 11.8 Å². The summed E-state index contributed by atoms with van der Waals surface area (Å²) in [6, 6.07) is 4.21. The Hall–Kier alpha value is -1.44. The molecule has 0 aliphatic heterocycles. The second-order valence-corrected chi connectivity index (χ2v) is 6.69. The molecular formula is C20H24F2. The van der Waals surface area contributed by atoms with E-state index in [-0.39, 0.29) is 0 Å². The van der Waals surface area contributed by atoms with E-state index in [1.807, 2.05) is 0 Å². The van der Waals surface area contributed by atoms with Crippen LogP contribution in [0.15, 0.2) is 35.9 Å². The van der Waals surface area contributed by atoms with Gasteiger partial charge < -0.3 is 0 Å². The fourth-order valence-corrected chi connectivity index (χ4v) is 3.87. The number of benzene rings is 1. The van der Waals surface area contributed by atoms with Crippen LogP contribution in [0.2, 0.25) is 0 Å². The Balaban J connectivity index is 1.70.